The number of amides is 1. The molecule has 9 heteroatoms. The van der Waals surface area contributed by atoms with E-state index in [1.807, 2.05) is 6.92 Å². The van der Waals surface area contributed by atoms with Crippen LogP contribution in [0.3, 0.4) is 0 Å². The van der Waals surface area contributed by atoms with E-state index >= 15 is 0 Å². The summed E-state index contributed by atoms with van der Waals surface area (Å²) in [6.07, 6.45) is 4.93. The molecule has 0 aliphatic carbocycles. The van der Waals surface area contributed by atoms with Crippen LogP contribution in [-0.4, -0.2) is 48.9 Å². The summed E-state index contributed by atoms with van der Waals surface area (Å²) >= 11 is 0. The summed E-state index contributed by atoms with van der Waals surface area (Å²) in [4.78, 5) is 24.7. The van der Waals surface area contributed by atoms with Gasteiger partial charge in [0.15, 0.2) is 0 Å². The SMILES string of the molecule is CCCOC(=O)c1ccc(NC(=O)c2cc(S(=O)(=O)N3CCCCC3)cn2C)cc1. The average Bonchev–Trinajstić information content (AvgIpc) is 3.16. The Morgan fingerprint density at radius 2 is 1.77 bits per heavy atom. The molecule has 1 aliphatic rings. The molecule has 0 radical (unpaired) electrons. The van der Waals surface area contributed by atoms with Gasteiger partial charge in [0.1, 0.15) is 10.6 Å². The minimum atomic E-state index is -3.61. The van der Waals surface area contributed by atoms with Crippen LogP contribution in [0.2, 0.25) is 0 Å². The Hall–Kier alpha value is -2.65. The number of hydrogen-bond donors (Lipinski definition) is 1. The highest BCUT2D eigenvalue weighted by Gasteiger charge is 2.28. The zero-order valence-electron chi connectivity index (χ0n) is 17.3. The molecule has 1 N–H and O–H groups in total. The first kappa shape index (κ1) is 22.0. The fraction of sp³-hybridized carbons (Fsp3) is 0.429. The Bertz CT molecular complexity index is 1010. The van der Waals surface area contributed by atoms with E-state index in [-0.39, 0.29) is 10.6 Å². The van der Waals surface area contributed by atoms with Crippen molar-refractivity contribution in [3.63, 3.8) is 0 Å². The number of esters is 1. The Morgan fingerprint density at radius 1 is 1.10 bits per heavy atom. The molecule has 30 heavy (non-hydrogen) atoms. The van der Waals surface area contributed by atoms with E-state index in [1.54, 1.807) is 31.3 Å². The summed E-state index contributed by atoms with van der Waals surface area (Å²) < 4.78 is 33.8. The summed E-state index contributed by atoms with van der Waals surface area (Å²) in [5.74, 6) is -0.844. The van der Waals surface area contributed by atoms with E-state index < -0.39 is 21.9 Å². The van der Waals surface area contributed by atoms with Crippen molar-refractivity contribution in [3.05, 3.63) is 47.8 Å². The molecular weight excluding hydrogens is 406 g/mol. The van der Waals surface area contributed by atoms with Crippen molar-refractivity contribution in [1.82, 2.24) is 8.87 Å². The van der Waals surface area contributed by atoms with Crippen molar-refractivity contribution in [2.75, 3.05) is 25.0 Å². The van der Waals surface area contributed by atoms with Gasteiger partial charge in [-0.25, -0.2) is 13.2 Å². The van der Waals surface area contributed by atoms with Gasteiger partial charge < -0.3 is 14.6 Å². The number of aryl methyl sites for hydroxylation is 1. The number of carbonyl (C=O) groups excluding carboxylic acids is 2. The number of carbonyl (C=O) groups is 2. The Balaban J connectivity index is 1.71. The number of aromatic nitrogens is 1. The highest BCUT2D eigenvalue weighted by Crippen LogP contribution is 2.23. The molecule has 2 heterocycles. The molecule has 162 valence electrons. The van der Waals surface area contributed by atoms with E-state index in [4.69, 9.17) is 4.74 Å². The number of nitrogens with one attached hydrogen (secondary N) is 1. The van der Waals surface area contributed by atoms with Gasteiger partial charge in [0.25, 0.3) is 5.91 Å². The Labute approximate surface area is 176 Å². The van der Waals surface area contributed by atoms with Crippen molar-refractivity contribution in [2.45, 2.75) is 37.5 Å². The molecule has 1 aromatic heterocycles. The third-order valence-corrected chi connectivity index (χ3v) is 6.85. The fourth-order valence-corrected chi connectivity index (χ4v) is 4.91. The van der Waals surface area contributed by atoms with E-state index in [0.717, 1.165) is 25.7 Å². The third-order valence-electron chi connectivity index (χ3n) is 4.98. The molecular formula is C21H27N3O5S. The van der Waals surface area contributed by atoms with Crippen LogP contribution in [0.25, 0.3) is 0 Å². The smallest absolute Gasteiger partial charge is 0.338 e. The highest BCUT2D eigenvalue weighted by molar-refractivity contribution is 7.89. The minimum Gasteiger partial charge on any atom is -0.462 e. The molecule has 1 saturated heterocycles. The van der Waals surface area contributed by atoms with Gasteiger partial charge in [0.2, 0.25) is 10.0 Å². The predicted molar refractivity (Wildman–Crippen MR) is 113 cm³/mol. The fourth-order valence-electron chi connectivity index (χ4n) is 3.32. The first-order valence-electron chi connectivity index (χ1n) is 10.1. The van der Waals surface area contributed by atoms with Crippen molar-refractivity contribution < 1.29 is 22.7 Å². The predicted octanol–water partition coefficient (Wildman–Crippen LogP) is 3.02. The maximum absolute atomic E-state index is 12.8. The second kappa shape index (κ2) is 9.44. The number of sulfonamides is 1. The molecule has 8 nitrogen and oxygen atoms in total. The topological polar surface area (TPSA) is 97.7 Å². The maximum Gasteiger partial charge on any atom is 0.338 e. The Morgan fingerprint density at radius 3 is 2.40 bits per heavy atom. The van der Waals surface area contributed by atoms with Gasteiger partial charge in [-0.3, -0.25) is 4.79 Å². The van der Waals surface area contributed by atoms with Crippen LogP contribution in [-0.2, 0) is 21.8 Å². The second-order valence-electron chi connectivity index (χ2n) is 7.30. The standard InChI is InChI=1S/C21H27N3O5S/c1-3-13-29-21(26)16-7-9-17(10-8-16)22-20(25)19-14-18(15-23(19)2)30(27,28)24-11-5-4-6-12-24/h7-10,14-15H,3-6,11-13H2,1-2H3,(H,22,25). The molecule has 0 saturated carbocycles. The first-order chi connectivity index (χ1) is 14.3. The zero-order valence-corrected chi connectivity index (χ0v) is 18.1. The largest absolute Gasteiger partial charge is 0.462 e. The van der Waals surface area contributed by atoms with Crippen LogP contribution in [0.5, 0.6) is 0 Å². The van der Waals surface area contributed by atoms with Gasteiger partial charge in [-0.1, -0.05) is 13.3 Å². The molecule has 1 aliphatic heterocycles. The van der Waals surface area contributed by atoms with E-state index in [9.17, 15) is 18.0 Å². The minimum absolute atomic E-state index is 0.117. The lowest BCUT2D eigenvalue weighted by Crippen LogP contribution is -2.35. The molecule has 1 aromatic carbocycles. The number of anilines is 1. The van der Waals surface area contributed by atoms with E-state index in [2.05, 4.69) is 5.32 Å². The van der Waals surface area contributed by atoms with Crippen LogP contribution < -0.4 is 5.32 Å². The normalized spacial score (nSPS) is 15.0. The average molecular weight is 434 g/mol. The lowest BCUT2D eigenvalue weighted by molar-refractivity contribution is 0.0505. The molecule has 2 aromatic rings. The quantitative estimate of drug-likeness (QED) is 0.677. The summed E-state index contributed by atoms with van der Waals surface area (Å²) in [7, 11) is -1.98. The van der Waals surface area contributed by atoms with Gasteiger partial charge in [-0.15, -0.1) is 0 Å². The second-order valence-corrected chi connectivity index (χ2v) is 9.24. The van der Waals surface area contributed by atoms with Crippen molar-refractivity contribution in [2.24, 2.45) is 7.05 Å². The number of piperidine rings is 1. The zero-order chi connectivity index (χ0) is 21.7. The molecule has 0 bridgehead atoms. The third kappa shape index (κ3) is 4.91. The summed E-state index contributed by atoms with van der Waals surface area (Å²) in [6.45, 7) is 3.28. The van der Waals surface area contributed by atoms with E-state index in [1.165, 1.54) is 21.1 Å². The number of nitrogens with zero attached hydrogens (tertiary/aromatic N) is 2. The van der Waals surface area contributed by atoms with Crippen LogP contribution in [0.1, 0.15) is 53.5 Å². The van der Waals surface area contributed by atoms with Gasteiger partial charge in [-0.05, 0) is 49.6 Å². The first-order valence-corrected chi connectivity index (χ1v) is 11.5. The van der Waals surface area contributed by atoms with Crippen molar-refractivity contribution in [1.29, 1.82) is 0 Å². The lowest BCUT2D eigenvalue weighted by Gasteiger charge is -2.25. The molecule has 1 fully saturated rings. The van der Waals surface area contributed by atoms with Gasteiger partial charge in [0, 0.05) is 32.0 Å². The van der Waals surface area contributed by atoms with Crippen LogP contribution in [0, 0.1) is 0 Å². The van der Waals surface area contributed by atoms with Gasteiger partial charge in [-0.2, -0.15) is 4.31 Å². The summed E-state index contributed by atoms with van der Waals surface area (Å²) in [6, 6.07) is 7.76. The monoisotopic (exact) mass is 433 g/mol. The van der Waals surface area contributed by atoms with Crippen LogP contribution >= 0.6 is 0 Å². The van der Waals surface area contributed by atoms with Gasteiger partial charge >= 0.3 is 5.97 Å². The number of hydrogen-bond acceptors (Lipinski definition) is 5. The number of benzene rings is 1. The van der Waals surface area contributed by atoms with E-state index in [0.29, 0.717) is 30.9 Å². The lowest BCUT2D eigenvalue weighted by atomic mass is 10.2. The molecule has 0 atom stereocenters. The molecule has 0 unspecified atom stereocenters. The number of rotatable bonds is 7. The summed E-state index contributed by atoms with van der Waals surface area (Å²) in [5, 5.41) is 2.73. The van der Waals surface area contributed by atoms with Crippen LogP contribution in [0.4, 0.5) is 5.69 Å². The Kier molecular flexibility index (Phi) is 6.94. The highest BCUT2D eigenvalue weighted by atomic mass is 32.2. The maximum atomic E-state index is 12.8. The molecule has 1 amide bonds. The van der Waals surface area contributed by atoms with Crippen molar-refractivity contribution in [3.8, 4) is 0 Å². The van der Waals surface area contributed by atoms with Crippen LogP contribution in [0.15, 0.2) is 41.4 Å². The van der Waals surface area contributed by atoms with Crippen molar-refractivity contribution >= 4 is 27.6 Å². The summed E-state index contributed by atoms with van der Waals surface area (Å²) in [5.41, 5.74) is 1.13. The molecule has 0 spiro atoms. The number of ether oxygens (including phenoxy) is 1. The molecule has 3 rings (SSSR count). The van der Waals surface area contributed by atoms with Gasteiger partial charge in [0.05, 0.1) is 12.2 Å².